The molecule has 2 heterocycles. The molecule has 6 heteroatoms. The Morgan fingerprint density at radius 2 is 1.77 bits per heavy atom. The molecule has 0 unspecified atom stereocenters. The van der Waals surface area contributed by atoms with E-state index in [1.165, 1.54) is 12.1 Å². The normalized spacial score (nSPS) is 24.1. The van der Waals surface area contributed by atoms with E-state index in [9.17, 15) is 14.0 Å². The Hall–Kier alpha value is -2.11. The van der Waals surface area contributed by atoms with E-state index < -0.39 is 5.97 Å². The molecular formula is C20H27FN2O3. The number of rotatable bonds is 4. The van der Waals surface area contributed by atoms with Gasteiger partial charge in [-0.15, -0.1) is 0 Å². The van der Waals surface area contributed by atoms with E-state index in [1.54, 1.807) is 12.1 Å². The molecule has 2 aliphatic rings. The predicted molar refractivity (Wildman–Crippen MR) is 96.4 cm³/mol. The van der Waals surface area contributed by atoms with Gasteiger partial charge in [0.1, 0.15) is 5.82 Å². The van der Waals surface area contributed by atoms with Crippen LogP contribution in [0.4, 0.5) is 9.18 Å². The second kappa shape index (κ2) is 8.06. The molecule has 5 nitrogen and oxygen atoms in total. The highest BCUT2D eigenvalue weighted by Gasteiger charge is 2.37. The van der Waals surface area contributed by atoms with Gasteiger partial charge in [0.05, 0.1) is 5.92 Å². The van der Waals surface area contributed by atoms with Gasteiger partial charge in [-0.1, -0.05) is 12.1 Å². The lowest BCUT2D eigenvalue weighted by atomic mass is 9.97. The van der Waals surface area contributed by atoms with Gasteiger partial charge >= 0.3 is 12.0 Å². The van der Waals surface area contributed by atoms with Gasteiger partial charge in [-0.25, -0.2) is 9.18 Å². The number of carboxylic acids is 1. The standard InChI is InChI=1S/C20H27FN2O3/c1-14-2-8-18(9-5-15-3-6-17(21)7-4-15)23(14)20(26)22-12-10-16(11-13-22)19(24)25/h3-4,6-7,14,16,18H,2,5,8-13H2,1H3,(H,24,25)/t14-,18-/m1/s1. The summed E-state index contributed by atoms with van der Waals surface area (Å²) in [5.74, 6) is -1.32. The number of hydrogen-bond donors (Lipinski definition) is 1. The van der Waals surface area contributed by atoms with E-state index in [0.29, 0.717) is 25.9 Å². The van der Waals surface area contributed by atoms with Crippen LogP contribution in [0.2, 0.25) is 0 Å². The number of urea groups is 1. The summed E-state index contributed by atoms with van der Waals surface area (Å²) in [6.07, 6.45) is 4.73. The van der Waals surface area contributed by atoms with Crippen LogP contribution in [0.15, 0.2) is 24.3 Å². The second-order valence-corrected chi connectivity index (χ2v) is 7.53. The van der Waals surface area contributed by atoms with Crippen LogP contribution in [0.5, 0.6) is 0 Å². The van der Waals surface area contributed by atoms with Crippen molar-refractivity contribution in [3.8, 4) is 0 Å². The fourth-order valence-corrected chi connectivity index (χ4v) is 4.17. The van der Waals surface area contributed by atoms with Crippen LogP contribution >= 0.6 is 0 Å². The number of carbonyl (C=O) groups is 2. The van der Waals surface area contributed by atoms with E-state index in [0.717, 1.165) is 31.2 Å². The number of piperidine rings is 1. The Labute approximate surface area is 153 Å². The molecule has 2 fully saturated rings. The number of amides is 2. The topological polar surface area (TPSA) is 60.9 Å². The van der Waals surface area contributed by atoms with Crippen LogP contribution < -0.4 is 0 Å². The average molecular weight is 362 g/mol. The van der Waals surface area contributed by atoms with E-state index >= 15 is 0 Å². The van der Waals surface area contributed by atoms with E-state index in [1.807, 2.05) is 9.80 Å². The molecule has 142 valence electrons. The zero-order chi connectivity index (χ0) is 18.7. The first kappa shape index (κ1) is 18.7. The van der Waals surface area contributed by atoms with Gasteiger partial charge in [0.2, 0.25) is 0 Å². The van der Waals surface area contributed by atoms with Crippen LogP contribution in [0.25, 0.3) is 0 Å². The van der Waals surface area contributed by atoms with Crippen LogP contribution in [-0.4, -0.2) is 52.1 Å². The SMILES string of the molecule is C[C@@H]1CC[C@H](CCc2ccc(F)cc2)N1C(=O)N1CCC(C(=O)O)CC1. The minimum atomic E-state index is -0.760. The summed E-state index contributed by atoms with van der Waals surface area (Å²) in [4.78, 5) is 27.9. The van der Waals surface area contributed by atoms with Crippen molar-refractivity contribution < 1.29 is 19.1 Å². The van der Waals surface area contributed by atoms with Crippen molar-refractivity contribution in [1.82, 2.24) is 9.80 Å². The van der Waals surface area contributed by atoms with Crippen molar-refractivity contribution in [3.05, 3.63) is 35.6 Å². The van der Waals surface area contributed by atoms with Crippen LogP contribution in [-0.2, 0) is 11.2 Å². The van der Waals surface area contributed by atoms with Crippen LogP contribution in [0.1, 0.15) is 44.6 Å². The highest BCUT2D eigenvalue weighted by molar-refractivity contribution is 5.76. The third-order valence-corrected chi connectivity index (χ3v) is 5.80. The fourth-order valence-electron chi connectivity index (χ4n) is 4.17. The molecule has 0 bridgehead atoms. The number of halogens is 1. The molecule has 0 saturated carbocycles. The number of benzene rings is 1. The molecule has 1 N–H and O–H groups in total. The number of aliphatic carboxylic acids is 1. The van der Waals surface area contributed by atoms with Crippen molar-refractivity contribution in [2.75, 3.05) is 13.1 Å². The molecule has 2 amide bonds. The first-order chi connectivity index (χ1) is 12.5. The number of aryl methyl sites for hydroxylation is 1. The summed E-state index contributed by atoms with van der Waals surface area (Å²) in [6.45, 7) is 3.12. The molecule has 2 aliphatic heterocycles. The summed E-state index contributed by atoms with van der Waals surface area (Å²) >= 11 is 0. The molecule has 0 spiro atoms. The maximum atomic E-state index is 13.0. The van der Waals surface area contributed by atoms with Crippen molar-refractivity contribution in [1.29, 1.82) is 0 Å². The zero-order valence-corrected chi connectivity index (χ0v) is 15.2. The lowest BCUT2D eigenvalue weighted by molar-refractivity contribution is -0.143. The third kappa shape index (κ3) is 4.17. The summed E-state index contributed by atoms with van der Waals surface area (Å²) in [5.41, 5.74) is 1.08. The summed E-state index contributed by atoms with van der Waals surface area (Å²) in [6, 6.07) is 7.00. The van der Waals surface area contributed by atoms with Crippen molar-refractivity contribution in [2.24, 2.45) is 5.92 Å². The van der Waals surface area contributed by atoms with E-state index in [2.05, 4.69) is 6.92 Å². The monoisotopic (exact) mass is 362 g/mol. The lowest BCUT2D eigenvalue weighted by Gasteiger charge is -2.37. The Balaban J connectivity index is 1.58. The van der Waals surface area contributed by atoms with Crippen LogP contribution in [0, 0.1) is 11.7 Å². The zero-order valence-electron chi connectivity index (χ0n) is 15.2. The molecule has 3 rings (SSSR count). The summed E-state index contributed by atoms with van der Waals surface area (Å²) in [5, 5.41) is 9.12. The first-order valence-electron chi connectivity index (χ1n) is 9.50. The van der Waals surface area contributed by atoms with Gasteiger partial charge in [-0.2, -0.15) is 0 Å². The van der Waals surface area contributed by atoms with E-state index in [4.69, 9.17) is 5.11 Å². The molecule has 2 saturated heterocycles. The Bertz CT molecular complexity index is 641. The Morgan fingerprint density at radius 1 is 1.12 bits per heavy atom. The van der Waals surface area contributed by atoms with Crippen molar-refractivity contribution in [3.63, 3.8) is 0 Å². The van der Waals surface area contributed by atoms with Gasteiger partial charge < -0.3 is 14.9 Å². The minimum Gasteiger partial charge on any atom is -0.481 e. The molecule has 0 radical (unpaired) electrons. The smallest absolute Gasteiger partial charge is 0.320 e. The summed E-state index contributed by atoms with van der Waals surface area (Å²) in [7, 11) is 0. The fraction of sp³-hybridized carbons (Fsp3) is 0.600. The number of carbonyl (C=O) groups excluding carboxylic acids is 1. The third-order valence-electron chi connectivity index (χ3n) is 5.80. The maximum Gasteiger partial charge on any atom is 0.320 e. The highest BCUT2D eigenvalue weighted by atomic mass is 19.1. The molecule has 0 aliphatic carbocycles. The molecule has 2 atom stereocenters. The highest BCUT2D eigenvalue weighted by Crippen LogP contribution is 2.30. The molecule has 0 aromatic heterocycles. The molecular weight excluding hydrogens is 335 g/mol. The number of likely N-dealkylation sites (tertiary alicyclic amines) is 2. The Morgan fingerprint density at radius 3 is 2.38 bits per heavy atom. The second-order valence-electron chi connectivity index (χ2n) is 7.53. The van der Waals surface area contributed by atoms with Crippen molar-refractivity contribution in [2.45, 2.75) is 57.5 Å². The number of hydrogen-bond acceptors (Lipinski definition) is 2. The predicted octanol–water partition coefficient (Wildman–Crippen LogP) is 3.53. The summed E-state index contributed by atoms with van der Waals surface area (Å²) < 4.78 is 13.0. The van der Waals surface area contributed by atoms with Gasteiger partial charge in [0, 0.05) is 25.2 Å². The number of nitrogens with zero attached hydrogens (tertiary/aromatic N) is 2. The molecule has 1 aromatic carbocycles. The lowest BCUT2D eigenvalue weighted by Crippen LogP contribution is -2.51. The quantitative estimate of drug-likeness (QED) is 0.891. The Kier molecular flexibility index (Phi) is 5.79. The minimum absolute atomic E-state index is 0.0444. The van der Waals surface area contributed by atoms with Gasteiger partial charge in [-0.3, -0.25) is 4.79 Å². The van der Waals surface area contributed by atoms with Gasteiger partial charge in [-0.05, 0) is 63.1 Å². The maximum absolute atomic E-state index is 13.0. The van der Waals surface area contributed by atoms with Crippen molar-refractivity contribution >= 4 is 12.0 Å². The first-order valence-corrected chi connectivity index (χ1v) is 9.50. The van der Waals surface area contributed by atoms with Crippen LogP contribution in [0.3, 0.4) is 0 Å². The van der Waals surface area contributed by atoms with E-state index in [-0.39, 0.29) is 29.8 Å². The van der Waals surface area contributed by atoms with Gasteiger partial charge in [0.15, 0.2) is 0 Å². The largest absolute Gasteiger partial charge is 0.481 e. The molecule has 1 aromatic rings. The molecule has 26 heavy (non-hydrogen) atoms. The average Bonchev–Trinajstić information content (AvgIpc) is 3.01. The number of carboxylic acid groups (broad SMARTS) is 1. The van der Waals surface area contributed by atoms with Gasteiger partial charge in [0.25, 0.3) is 0 Å².